The molecule has 0 saturated heterocycles. The van der Waals surface area contributed by atoms with E-state index < -0.39 is 0 Å². The predicted molar refractivity (Wildman–Crippen MR) is 91.5 cm³/mol. The molecule has 0 aliphatic carbocycles. The summed E-state index contributed by atoms with van der Waals surface area (Å²) in [5, 5.41) is 4.71. The lowest BCUT2D eigenvalue weighted by atomic mass is 10.2. The summed E-state index contributed by atoms with van der Waals surface area (Å²) in [7, 11) is 3.48. The SMILES string of the molecule is CNc1c(-c2cc3cc(OC)ccc3o2)nc2cccc(Cl)n12. The van der Waals surface area contributed by atoms with Gasteiger partial charge in [-0.2, -0.15) is 0 Å². The minimum absolute atomic E-state index is 0.586. The van der Waals surface area contributed by atoms with E-state index in [-0.39, 0.29) is 0 Å². The fraction of sp³-hybridized carbons (Fsp3) is 0.118. The van der Waals surface area contributed by atoms with Crippen LogP contribution in [0.5, 0.6) is 5.75 Å². The third-order valence-electron chi connectivity index (χ3n) is 3.79. The van der Waals surface area contributed by atoms with Crippen LogP contribution in [0.1, 0.15) is 0 Å². The van der Waals surface area contributed by atoms with E-state index in [4.69, 9.17) is 20.8 Å². The fourth-order valence-corrected chi connectivity index (χ4v) is 2.97. The largest absolute Gasteiger partial charge is 0.497 e. The van der Waals surface area contributed by atoms with Gasteiger partial charge in [0.15, 0.2) is 5.76 Å². The second-order valence-corrected chi connectivity index (χ2v) is 5.50. The minimum Gasteiger partial charge on any atom is -0.497 e. The molecule has 0 fully saturated rings. The van der Waals surface area contributed by atoms with E-state index in [0.29, 0.717) is 10.9 Å². The van der Waals surface area contributed by atoms with Gasteiger partial charge in [-0.25, -0.2) is 4.98 Å². The lowest BCUT2D eigenvalue weighted by Crippen LogP contribution is -1.96. The molecule has 4 aromatic rings. The maximum Gasteiger partial charge on any atom is 0.157 e. The maximum absolute atomic E-state index is 6.30. The van der Waals surface area contributed by atoms with Crippen LogP contribution in [0.4, 0.5) is 5.82 Å². The molecular weight excluding hydrogens is 314 g/mol. The number of rotatable bonds is 3. The molecule has 1 aromatic carbocycles. The molecule has 0 unspecified atom stereocenters. The van der Waals surface area contributed by atoms with Gasteiger partial charge < -0.3 is 14.5 Å². The molecule has 1 N–H and O–H groups in total. The summed E-state index contributed by atoms with van der Waals surface area (Å²) in [6, 6.07) is 13.2. The number of ether oxygens (including phenoxy) is 1. The average molecular weight is 328 g/mol. The van der Waals surface area contributed by atoms with Gasteiger partial charge in [-0.3, -0.25) is 4.40 Å². The zero-order chi connectivity index (χ0) is 16.0. The number of hydrogen-bond acceptors (Lipinski definition) is 4. The van der Waals surface area contributed by atoms with Crippen molar-refractivity contribution in [3.05, 3.63) is 47.6 Å². The third-order valence-corrected chi connectivity index (χ3v) is 4.08. The number of nitrogens with zero attached hydrogens (tertiary/aromatic N) is 2. The van der Waals surface area contributed by atoms with Crippen LogP contribution in [0, 0.1) is 0 Å². The lowest BCUT2D eigenvalue weighted by Gasteiger charge is -2.03. The van der Waals surface area contributed by atoms with Crippen molar-refractivity contribution in [3.63, 3.8) is 0 Å². The van der Waals surface area contributed by atoms with Gasteiger partial charge in [0.2, 0.25) is 0 Å². The van der Waals surface area contributed by atoms with Gasteiger partial charge in [0.1, 0.15) is 33.6 Å². The van der Waals surface area contributed by atoms with Crippen LogP contribution >= 0.6 is 11.6 Å². The number of benzene rings is 1. The summed E-state index contributed by atoms with van der Waals surface area (Å²) < 4.78 is 13.1. The molecule has 0 spiro atoms. The Morgan fingerprint density at radius 2 is 2.09 bits per heavy atom. The number of halogens is 1. The molecule has 3 aromatic heterocycles. The Morgan fingerprint density at radius 3 is 2.87 bits per heavy atom. The molecule has 0 aliphatic heterocycles. The van der Waals surface area contributed by atoms with Crippen LogP contribution < -0.4 is 10.1 Å². The van der Waals surface area contributed by atoms with Crippen LogP contribution in [0.25, 0.3) is 28.1 Å². The highest BCUT2D eigenvalue weighted by atomic mass is 35.5. The monoisotopic (exact) mass is 327 g/mol. The van der Waals surface area contributed by atoms with Crippen LogP contribution in [-0.2, 0) is 0 Å². The Bertz CT molecular complexity index is 1020. The molecule has 0 amide bonds. The van der Waals surface area contributed by atoms with Crippen molar-refractivity contribution in [3.8, 4) is 17.2 Å². The van der Waals surface area contributed by atoms with Crippen molar-refractivity contribution < 1.29 is 9.15 Å². The standard InChI is InChI=1S/C17H14ClN3O2/c1-19-17-16(20-15-5-3-4-14(18)21(15)17)13-9-10-8-11(22-2)6-7-12(10)23-13/h3-9,19H,1-2H3. The van der Waals surface area contributed by atoms with Gasteiger partial charge in [-0.15, -0.1) is 0 Å². The van der Waals surface area contributed by atoms with E-state index in [9.17, 15) is 0 Å². The van der Waals surface area contributed by atoms with Gasteiger partial charge in [-0.1, -0.05) is 17.7 Å². The first-order valence-electron chi connectivity index (χ1n) is 7.14. The molecule has 116 valence electrons. The molecular formula is C17H14ClN3O2. The molecule has 6 heteroatoms. The number of fused-ring (bicyclic) bond motifs is 2. The highest BCUT2D eigenvalue weighted by Gasteiger charge is 2.18. The van der Waals surface area contributed by atoms with Crippen molar-refractivity contribution in [1.82, 2.24) is 9.38 Å². The van der Waals surface area contributed by atoms with Gasteiger partial charge >= 0.3 is 0 Å². The Balaban J connectivity index is 1.96. The van der Waals surface area contributed by atoms with E-state index in [1.165, 1.54) is 0 Å². The van der Waals surface area contributed by atoms with Crippen molar-refractivity contribution >= 4 is 34.0 Å². The van der Waals surface area contributed by atoms with E-state index in [2.05, 4.69) is 10.3 Å². The number of furan rings is 1. The maximum atomic E-state index is 6.30. The van der Waals surface area contributed by atoms with Crippen LogP contribution in [0.15, 0.2) is 46.9 Å². The van der Waals surface area contributed by atoms with E-state index in [0.717, 1.165) is 33.9 Å². The summed E-state index contributed by atoms with van der Waals surface area (Å²) in [4.78, 5) is 4.64. The molecule has 0 saturated carbocycles. The summed E-state index contributed by atoms with van der Waals surface area (Å²) in [6.07, 6.45) is 0. The van der Waals surface area contributed by atoms with E-state index in [1.807, 2.05) is 53.9 Å². The molecule has 0 atom stereocenters. The fourth-order valence-electron chi connectivity index (χ4n) is 2.72. The Labute approximate surface area is 137 Å². The number of anilines is 1. The predicted octanol–water partition coefficient (Wildman–Crippen LogP) is 4.45. The highest BCUT2D eigenvalue weighted by Crippen LogP contribution is 2.35. The van der Waals surface area contributed by atoms with E-state index in [1.54, 1.807) is 7.11 Å². The molecule has 5 nitrogen and oxygen atoms in total. The van der Waals surface area contributed by atoms with Gasteiger partial charge in [0.05, 0.1) is 7.11 Å². The number of aromatic nitrogens is 2. The molecule has 0 aliphatic rings. The summed E-state index contributed by atoms with van der Waals surface area (Å²) in [5.41, 5.74) is 2.26. The Hall–Kier alpha value is -2.66. The topological polar surface area (TPSA) is 51.7 Å². The molecule has 3 heterocycles. The number of imidazole rings is 1. The van der Waals surface area contributed by atoms with Crippen LogP contribution in [0.3, 0.4) is 0 Å². The quantitative estimate of drug-likeness (QED) is 0.565. The zero-order valence-corrected chi connectivity index (χ0v) is 13.4. The van der Waals surface area contributed by atoms with Gasteiger partial charge in [0, 0.05) is 12.4 Å². The second kappa shape index (κ2) is 5.21. The Morgan fingerprint density at radius 1 is 1.22 bits per heavy atom. The second-order valence-electron chi connectivity index (χ2n) is 5.12. The smallest absolute Gasteiger partial charge is 0.157 e. The minimum atomic E-state index is 0.586. The molecule has 0 bridgehead atoms. The number of hydrogen-bond donors (Lipinski definition) is 1. The van der Waals surface area contributed by atoms with Gasteiger partial charge in [-0.05, 0) is 36.4 Å². The molecule has 0 radical (unpaired) electrons. The van der Waals surface area contributed by atoms with E-state index >= 15 is 0 Å². The summed E-state index contributed by atoms with van der Waals surface area (Å²) in [5.74, 6) is 2.26. The molecule has 23 heavy (non-hydrogen) atoms. The Kier molecular flexibility index (Phi) is 3.16. The summed E-state index contributed by atoms with van der Waals surface area (Å²) >= 11 is 6.30. The zero-order valence-electron chi connectivity index (χ0n) is 12.6. The van der Waals surface area contributed by atoms with Gasteiger partial charge in [0.25, 0.3) is 0 Å². The first-order valence-corrected chi connectivity index (χ1v) is 7.52. The molecule has 4 rings (SSSR count). The number of nitrogens with one attached hydrogen (secondary N) is 1. The van der Waals surface area contributed by atoms with Crippen molar-refractivity contribution in [2.75, 3.05) is 19.5 Å². The van der Waals surface area contributed by atoms with Crippen molar-refractivity contribution in [2.24, 2.45) is 0 Å². The van der Waals surface area contributed by atoms with Crippen LogP contribution in [0.2, 0.25) is 5.15 Å². The van der Waals surface area contributed by atoms with Crippen molar-refractivity contribution in [2.45, 2.75) is 0 Å². The number of pyridine rings is 1. The average Bonchev–Trinajstić information content (AvgIpc) is 3.15. The van der Waals surface area contributed by atoms with Crippen LogP contribution in [-0.4, -0.2) is 23.5 Å². The first kappa shape index (κ1) is 14.0. The first-order chi connectivity index (χ1) is 11.2. The number of methoxy groups -OCH3 is 1. The third kappa shape index (κ3) is 2.12. The highest BCUT2D eigenvalue weighted by molar-refractivity contribution is 6.30. The lowest BCUT2D eigenvalue weighted by molar-refractivity contribution is 0.415. The van der Waals surface area contributed by atoms with Crippen molar-refractivity contribution in [1.29, 1.82) is 0 Å². The summed E-state index contributed by atoms with van der Waals surface area (Å²) in [6.45, 7) is 0. The normalized spacial score (nSPS) is 11.3.